The summed E-state index contributed by atoms with van der Waals surface area (Å²) >= 11 is 9.61. The summed E-state index contributed by atoms with van der Waals surface area (Å²) in [6.07, 6.45) is 0. The Bertz CT molecular complexity index is 70.3. The Morgan fingerprint density at radius 3 is 2.75 bits per heavy atom. The van der Waals surface area contributed by atoms with Crippen LogP contribution in [0.25, 0.3) is 0 Å². The summed E-state index contributed by atoms with van der Waals surface area (Å²) < 4.78 is 14.2. The second-order valence-electron chi connectivity index (χ2n) is 1.18. The molecule has 1 atom stereocenters. The molecule has 0 fully saturated rings. The van der Waals surface area contributed by atoms with Gasteiger partial charge in [0.1, 0.15) is 0 Å². The molecular weight excluding hydrogens is 166 g/mol. The summed E-state index contributed by atoms with van der Waals surface area (Å²) in [6.45, 7) is 0.282. The van der Waals surface area contributed by atoms with Gasteiger partial charge in [-0.3, -0.25) is 0 Å². The van der Waals surface area contributed by atoms with E-state index in [-0.39, 0.29) is 12.0 Å². The Labute approximate surface area is 64.4 Å². The van der Waals surface area contributed by atoms with Crippen LogP contribution in [0.2, 0.25) is 0 Å². The van der Waals surface area contributed by atoms with E-state index < -0.39 is 15.5 Å². The van der Waals surface area contributed by atoms with Gasteiger partial charge in [-0.2, -0.15) is 0 Å². The normalized spacial score (nSPS) is 12.2. The van der Waals surface area contributed by atoms with E-state index in [2.05, 4.69) is 3.79 Å². The van der Waals surface area contributed by atoms with Crippen molar-refractivity contribution in [1.29, 1.82) is 0 Å². The zero-order valence-electron chi connectivity index (χ0n) is 4.14. The number of halogens is 2. The molecule has 0 amide bonds. The van der Waals surface area contributed by atoms with Crippen LogP contribution < -0.4 is 0 Å². The molecule has 46 valence electrons. The van der Waals surface area contributed by atoms with Crippen molar-refractivity contribution in [2.24, 2.45) is 0 Å². The molecule has 8 heavy (non-hydrogen) atoms. The second-order valence-corrected chi connectivity index (χ2v) is 2.63. The number of alkyl halides is 2. The molecule has 2 nitrogen and oxygen atoms in total. The van der Waals surface area contributed by atoms with Crippen LogP contribution in [-0.2, 0) is 7.59 Å². The van der Waals surface area contributed by atoms with Crippen molar-refractivity contribution in [2.75, 3.05) is 12.5 Å². The molecule has 0 radical (unpaired) electrons. The molecule has 0 aromatic rings. The molecule has 0 aliphatic heterocycles. The molecular formula is C3H5AlCl2O2. The zero-order chi connectivity index (χ0) is 6.41. The first-order valence-corrected chi connectivity index (χ1v) is 3.98. The number of hydrogen-bond acceptors (Lipinski definition) is 2. The Morgan fingerprint density at radius 2 is 2.38 bits per heavy atom. The Hall–Kier alpha value is 0.712. The van der Waals surface area contributed by atoms with Gasteiger partial charge in [0.25, 0.3) is 0 Å². The third-order valence-electron chi connectivity index (χ3n) is 0.513. The van der Waals surface area contributed by atoms with E-state index in [9.17, 15) is 3.80 Å². The van der Waals surface area contributed by atoms with E-state index in [1.165, 1.54) is 0 Å². The van der Waals surface area contributed by atoms with Gasteiger partial charge in [-0.25, -0.2) is 0 Å². The molecule has 0 bridgehead atoms. The monoisotopic (exact) mass is 170 g/mol. The van der Waals surface area contributed by atoms with Crippen LogP contribution in [-0.4, -0.2) is 33.4 Å². The predicted molar refractivity (Wildman–Crippen MR) is 32.8 cm³/mol. The summed E-state index contributed by atoms with van der Waals surface area (Å²) in [5.74, 6) is 0.334. The summed E-state index contributed by atoms with van der Waals surface area (Å²) in [7, 11) is 0. The SMILES string of the molecule is [O]=[Al][O]CC(Cl)CCl. The summed E-state index contributed by atoms with van der Waals surface area (Å²) in [6, 6.07) is 0. The molecule has 0 heterocycles. The maximum atomic E-state index is 9.71. The van der Waals surface area contributed by atoms with Crippen molar-refractivity contribution >= 4 is 38.7 Å². The van der Waals surface area contributed by atoms with Gasteiger partial charge in [-0.1, -0.05) is 0 Å². The minimum atomic E-state index is -1.14. The van der Waals surface area contributed by atoms with Crippen LogP contribution in [0.3, 0.4) is 0 Å². The van der Waals surface area contributed by atoms with Crippen LogP contribution in [0, 0.1) is 0 Å². The van der Waals surface area contributed by atoms with E-state index in [0.29, 0.717) is 5.88 Å². The molecule has 0 aliphatic carbocycles. The van der Waals surface area contributed by atoms with Gasteiger partial charge in [-0.15, -0.1) is 0 Å². The van der Waals surface area contributed by atoms with Gasteiger partial charge < -0.3 is 0 Å². The van der Waals surface area contributed by atoms with Crippen molar-refractivity contribution in [3.8, 4) is 0 Å². The second kappa shape index (κ2) is 5.84. The molecule has 0 aromatic carbocycles. The quantitative estimate of drug-likeness (QED) is 0.462. The molecule has 0 aliphatic rings. The van der Waals surface area contributed by atoms with Gasteiger partial charge >= 0.3 is 64.1 Å². The molecule has 0 spiro atoms. The van der Waals surface area contributed by atoms with Crippen LogP contribution in [0.15, 0.2) is 0 Å². The fourth-order valence-corrected chi connectivity index (χ4v) is 0.783. The summed E-state index contributed by atoms with van der Waals surface area (Å²) in [5.41, 5.74) is 0. The van der Waals surface area contributed by atoms with Crippen LogP contribution in [0.5, 0.6) is 0 Å². The first-order chi connectivity index (χ1) is 3.81. The van der Waals surface area contributed by atoms with Crippen molar-refractivity contribution in [1.82, 2.24) is 0 Å². The van der Waals surface area contributed by atoms with Gasteiger partial charge in [-0.05, 0) is 0 Å². The van der Waals surface area contributed by atoms with Crippen molar-refractivity contribution < 1.29 is 7.59 Å². The van der Waals surface area contributed by atoms with E-state index >= 15 is 0 Å². The van der Waals surface area contributed by atoms with E-state index in [1.807, 2.05) is 0 Å². The summed E-state index contributed by atoms with van der Waals surface area (Å²) in [5, 5.41) is -0.210. The number of hydrogen-bond donors (Lipinski definition) is 0. The van der Waals surface area contributed by atoms with E-state index in [1.54, 1.807) is 0 Å². The van der Waals surface area contributed by atoms with Gasteiger partial charge in [0.15, 0.2) is 0 Å². The molecule has 0 saturated heterocycles. The van der Waals surface area contributed by atoms with E-state index in [4.69, 9.17) is 23.2 Å². The average Bonchev–Trinajstić information content (AvgIpc) is 1.83. The van der Waals surface area contributed by atoms with Gasteiger partial charge in [0.2, 0.25) is 0 Å². The van der Waals surface area contributed by atoms with Crippen LogP contribution in [0.4, 0.5) is 0 Å². The maximum absolute atomic E-state index is 9.71. The topological polar surface area (TPSA) is 26.3 Å². The standard InChI is InChI=1S/C3H5Cl2O.Al.O/c4-1-3(5)2-6;;/h3H,1-2H2;;/q-1;+1;. The van der Waals surface area contributed by atoms with Gasteiger partial charge in [0.05, 0.1) is 0 Å². The number of rotatable bonds is 4. The first kappa shape index (κ1) is 8.71. The fraction of sp³-hybridized carbons (Fsp3) is 1.00. The van der Waals surface area contributed by atoms with Gasteiger partial charge in [0, 0.05) is 0 Å². The summed E-state index contributed by atoms with van der Waals surface area (Å²) in [4.78, 5) is 0. The fourth-order valence-electron chi connectivity index (χ4n) is 0.188. The first-order valence-electron chi connectivity index (χ1n) is 2.06. The van der Waals surface area contributed by atoms with Crippen molar-refractivity contribution in [3.63, 3.8) is 0 Å². The molecule has 0 saturated carbocycles. The Morgan fingerprint density at radius 1 is 1.75 bits per heavy atom. The van der Waals surface area contributed by atoms with E-state index in [0.717, 1.165) is 0 Å². The third-order valence-corrected chi connectivity index (χ3v) is 1.65. The molecule has 5 heteroatoms. The van der Waals surface area contributed by atoms with Crippen LogP contribution in [0.1, 0.15) is 0 Å². The van der Waals surface area contributed by atoms with Crippen LogP contribution >= 0.6 is 23.2 Å². The van der Waals surface area contributed by atoms with Crippen molar-refractivity contribution in [2.45, 2.75) is 5.38 Å². The Balaban J connectivity index is 2.97. The molecule has 0 N–H and O–H groups in total. The molecule has 0 rings (SSSR count). The zero-order valence-corrected chi connectivity index (χ0v) is 6.81. The average molecular weight is 171 g/mol. The molecule has 0 aromatic heterocycles. The molecule has 1 unspecified atom stereocenters. The predicted octanol–water partition coefficient (Wildman–Crippen LogP) is 0.814. The third kappa shape index (κ3) is 4.86. The van der Waals surface area contributed by atoms with Crippen molar-refractivity contribution in [3.05, 3.63) is 0 Å². The minimum absolute atomic E-state index is 0.210. The Kier molecular flexibility index (Phi) is 6.36.